The van der Waals surface area contributed by atoms with Crippen molar-refractivity contribution < 1.29 is 22.7 Å². The number of carbonyl (C=O) groups excluding carboxylic acids is 2. The highest BCUT2D eigenvalue weighted by molar-refractivity contribution is 7.89. The maximum absolute atomic E-state index is 12.6. The van der Waals surface area contributed by atoms with E-state index in [1.807, 2.05) is 30.3 Å². The fourth-order valence-corrected chi connectivity index (χ4v) is 3.84. The van der Waals surface area contributed by atoms with Gasteiger partial charge in [-0.15, -0.1) is 0 Å². The van der Waals surface area contributed by atoms with Crippen molar-refractivity contribution in [2.45, 2.75) is 17.4 Å². The zero-order valence-electron chi connectivity index (χ0n) is 15.7. The van der Waals surface area contributed by atoms with Gasteiger partial charge in [-0.05, 0) is 53.6 Å². The van der Waals surface area contributed by atoms with E-state index in [0.29, 0.717) is 23.2 Å². The summed E-state index contributed by atoms with van der Waals surface area (Å²) in [6, 6.07) is 19.8. The van der Waals surface area contributed by atoms with Crippen LogP contribution >= 0.6 is 0 Å². The molecule has 0 bridgehead atoms. The molecule has 1 heterocycles. The summed E-state index contributed by atoms with van der Waals surface area (Å²) in [4.78, 5) is 25.0. The third-order valence-corrected chi connectivity index (χ3v) is 5.78. The van der Waals surface area contributed by atoms with E-state index in [4.69, 9.17) is 9.88 Å². The van der Waals surface area contributed by atoms with Gasteiger partial charge in [-0.2, -0.15) is 0 Å². The molecule has 7 nitrogen and oxygen atoms in total. The van der Waals surface area contributed by atoms with Gasteiger partial charge in [0.1, 0.15) is 6.10 Å². The number of nitrogens with one attached hydrogen (secondary N) is 1. The number of fused-ring (bicyclic) bond motifs is 1. The van der Waals surface area contributed by atoms with Gasteiger partial charge in [-0.1, -0.05) is 30.3 Å². The van der Waals surface area contributed by atoms with E-state index in [1.165, 1.54) is 24.3 Å². The first-order valence-electron chi connectivity index (χ1n) is 9.14. The molecule has 3 aromatic rings. The molecule has 3 aromatic carbocycles. The Labute approximate surface area is 173 Å². The zero-order valence-corrected chi connectivity index (χ0v) is 16.6. The average Bonchev–Trinajstić information content (AvgIpc) is 2.73. The van der Waals surface area contributed by atoms with Crippen LogP contribution in [0, 0.1) is 0 Å². The summed E-state index contributed by atoms with van der Waals surface area (Å²) in [6.07, 6.45) is 0.0604. The largest absolute Gasteiger partial charge is 0.454 e. The van der Waals surface area contributed by atoms with Crippen LogP contribution in [0.3, 0.4) is 0 Å². The van der Waals surface area contributed by atoms with Crippen molar-refractivity contribution in [1.29, 1.82) is 0 Å². The Hall–Kier alpha value is -3.49. The molecule has 8 heteroatoms. The Kier molecular flexibility index (Phi) is 5.11. The van der Waals surface area contributed by atoms with Crippen LogP contribution in [-0.2, 0) is 21.2 Å². The van der Waals surface area contributed by atoms with Gasteiger partial charge in [-0.25, -0.2) is 18.4 Å². The highest BCUT2D eigenvalue weighted by Crippen LogP contribution is 2.31. The molecule has 0 saturated heterocycles. The second-order valence-corrected chi connectivity index (χ2v) is 8.47. The summed E-state index contributed by atoms with van der Waals surface area (Å²) < 4.78 is 28.2. The molecule has 0 aliphatic carbocycles. The lowest BCUT2D eigenvalue weighted by Gasteiger charge is -2.25. The van der Waals surface area contributed by atoms with E-state index in [1.54, 1.807) is 18.2 Å². The number of carbonyl (C=O) groups is 2. The van der Waals surface area contributed by atoms with Gasteiger partial charge < -0.3 is 10.1 Å². The molecule has 1 aliphatic heterocycles. The second kappa shape index (κ2) is 7.74. The van der Waals surface area contributed by atoms with Crippen molar-refractivity contribution in [3.8, 4) is 0 Å². The summed E-state index contributed by atoms with van der Waals surface area (Å²) in [6.45, 7) is 0. The molecule has 30 heavy (non-hydrogen) atoms. The van der Waals surface area contributed by atoms with Gasteiger partial charge in [0.05, 0.1) is 10.5 Å². The Balaban J connectivity index is 1.55. The van der Waals surface area contributed by atoms with Crippen molar-refractivity contribution >= 4 is 27.6 Å². The maximum Gasteiger partial charge on any atom is 0.339 e. The minimum Gasteiger partial charge on any atom is -0.454 e. The Morgan fingerprint density at radius 3 is 2.37 bits per heavy atom. The zero-order chi connectivity index (χ0) is 21.3. The Morgan fingerprint density at radius 2 is 1.70 bits per heavy atom. The van der Waals surface area contributed by atoms with Crippen molar-refractivity contribution in [2.24, 2.45) is 5.14 Å². The molecule has 1 atom stereocenters. The molecule has 4 rings (SSSR count). The first-order valence-corrected chi connectivity index (χ1v) is 10.7. The van der Waals surface area contributed by atoms with Crippen LogP contribution in [0.5, 0.6) is 0 Å². The minimum atomic E-state index is -3.80. The summed E-state index contributed by atoms with van der Waals surface area (Å²) in [5.41, 5.74) is 2.87. The Morgan fingerprint density at radius 1 is 1.00 bits per heavy atom. The molecule has 1 aliphatic rings. The molecule has 0 spiro atoms. The van der Waals surface area contributed by atoms with Crippen molar-refractivity contribution in [3.63, 3.8) is 0 Å². The van der Waals surface area contributed by atoms with Crippen LogP contribution < -0.4 is 10.5 Å². The highest BCUT2D eigenvalue weighted by atomic mass is 32.2. The standard InChI is InChI=1S/C22H18N2O5S/c23-30(27,28)18-9-7-17(8-10-18)24-21(25)15-6-11-19-16(12-15)13-20(29-22(19)26)14-4-2-1-3-5-14/h1-12,20H,13H2,(H,24,25)(H2,23,27,28)/t20-/m0/s1. The van der Waals surface area contributed by atoms with Crippen LogP contribution in [-0.4, -0.2) is 20.3 Å². The Bertz CT molecular complexity index is 1220. The number of rotatable bonds is 4. The highest BCUT2D eigenvalue weighted by Gasteiger charge is 2.28. The van der Waals surface area contributed by atoms with Crippen LogP contribution in [0.15, 0.2) is 77.7 Å². The number of primary sulfonamides is 1. The number of hydrogen-bond acceptors (Lipinski definition) is 5. The summed E-state index contributed by atoms with van der Waals surface area (Å²) in [5, 5.41) is 7.78. The fourth-order valence-electron chi connectivity index (χ4n) is 3.32. The molecule has 0 unspecified atom stereocenters. The minimum absolute atomic E-state index is 0.0419. The number of anilines is 1. The lowest BCUT2D eigenvalue weighted by Crippen LogP contribution is -2.23. The van der Waals surface area contributed by atoms with E-state index in [-0.39, 0.29) is 10.8 Å². The third-order valence-electron chi connectivity index (χ3n) is 4.85. The van der Waals surface area contributed by atoms with Crippen LogP contribution in [0.4, 0.5) is 5.69 Å². The smallest absolute Gasteiger partial charge is 0.339 e. The van der Waals surface area contributed by atoms with Gasteiger partial charge in [0, 0.05) is 17.7 Å². The average molecular weight is 422 g/mol. The van der Waals surface area contributed by atoms with Crippen LogP contribution in [0.1, 0.15) is 37.9 Å². The number of benzene rings is 3. The fraction of sp³-hybridized carbons (Fsp3) is 0.0909. The number of ether oxygens (including phenoxy) is 1. The van der Waals surface area contributed by atoms with Crippen molar-refractivity contribution in [2.75, 3.05) is 5.32 Å². The quantitative estimate of drug-likeness (QED) is 0.627. The molecule has 3 N–H and O–H groups in total. The number of amides is 1. The molecule has 0 fully saturated rings. The number of sulfonamides is 1. The molecule has 0 aromatic heterocycles. The lowest BCUT2D eigenvalue weighted by molar-refractivity contribution is 0.0252. The maximum atomic E-state index is 12.6. The van der Waals surface area contributed by atoms with Gasteiger partial charge in [0.15, 0.2) is 0 Å². The number of cyclic esters (lactones) is 1. The van der Waals surface area contributed by atoms with E-state index >= 15 is 0 Å². The normalized spacial score (nSPS) is 15.8. The number of hydrogen-bond donors (Lipinski definition) is 2. The van der Waals surface area contributed by atoms with Crippen LogP contribution in [0.25, 0.3) is 0 Å². The first-order chi connectivity index (χ1) is 14.3. The third kappa shape index (κ3) is 4.10. The topological polar surface area (TPSA) is 116 Å². The lowest BCUT2D eigenvalue weighted by atomic mass is 9.93. The van der Waals surface area contributed by atoms with Gasteiger partial charge in [0.25, 0.3) is 5.91 Å². The van der Waals surface area contributed by atoms with E-state index < -0.39 is 22.1 Å². The monoisotopic (exact) mass is 422 g/mol. The summed E-state index contributed by atoms with van der Waals surface area (Å²) >= 11 is 0. The van der Waals surface area contributed by atoms with E-state index in [2.05, 4.69) is 5.32 Å². The molecule has 1 amide bonds. The number of esters is 1. The molecular formula is C22H18N2O5S. The molecule has 152 valence electrons. The van der Waals surface area contributed by atoms with Gasteiger partial charge in [-0.3, -0.25) is 4.79 Å². The number of nitrogens with two attached hydrogens (primary N) is 1. The predicted molar refractivity (Wildman–Crippen MR) is 111 cm³/mol. The van der Waals surface area contributed by atoms with E-state index in [0.717, 1.165) is 11.1 Å². The van der Waals surface area contributed by atoms with Crippen LogP contribution in [0.2, 0.25) is 0 Å². The predicted octanol–water partition coefficient (Wildman–Crippen LogP) is 3.04. The second-order valence-electron chi connectivity index (χ2n) is 6.90. The summed E-state index contributed by atoms with van der Waals surface area (Å²) in [7, 11) is -3.80. The first kappa shape index (κ1) is 19.8. The van der Waals surface area contributed by atoms with Gasteiger partial charge in [0.2, 0.25) is 10.0 Å². The molecular weight excluding hydrogens is 404 g/mol. The van der Waals surface area contributed by atoms with Gasteiger partial charge >= 0.3 is 5.97 Å². The van der Waals surface area contributed by atoms with Crippen molar-refractivity contribution in [3.05, 3.63) is 95.1 Å². The van der Waals surface area contributed by atoms with E-state index in [9.17, 15) is 18.0 Å². The molecule has 0 radical (unpaired) electrons. The SMILES string of the molecule is NS(=O)(=O)c1ccc(NC(=O)c2ccc3c(c2)C[C@@H](c2ccccc2)OC3=O)cc1. The summed E-state index contributed by atoms with van der Waals surface area (Å²) in [5.74, 6) is -0.799. The van der Waals surface area contributed by atoms with Crippen molar-refractivity contribution in [1.82, 2.24) is 0 Å². The molecule has 0 saturated carbocycles.